The SMILES string of the molecule is O=C1C2=C(CCCC2)NC12CCCC2. The summed E-state index contributed by atoms with van der Waals surface area (Å²) < 4.78 is 0. The van der Waals surface area contributed by atoms with Gasteiger partial charge in [0, 0.05) is 11.3 Å². The number of allylic oxidation sites excluding steroid dienone is 1. The fourth-order valence-corrected chi connectivity index (χ4v) is 3.26. The molecule has 1 fully saturated rings. The van der Waals surface area contributed by atoms with E-state index in [1.165, 1.54) is 31.4 Å². The molecule has 1 spiro atoms. The summed E-state index contributed by atoms with van der Waals surface area (Å²) in [6.45, 7) is 0. The van der Waals surface area contributed by atoms with Crippen molar-refractivity contribution in [2.24, 2.45) is 0 Å². The van der Waals surface area contributed by atoms with E-state index < -0.39 is 0 Å². The molecule has 2 aliphatic carbocycles. The lowest BCUT2D eigenvalue weighted by Gasteiger charge is -2.23. The minimum atomic E-state index is -0.130. The van der Waals surface area contributed by atoms with Crippen LogP contribution in [0.5, 0.6) is 0 Å². The van der Waals surface area contributed by atoms with Crippen LogP contribution in [0.4, 0.5) is 0 Å². The molecule has 14 heavy (non-hydrogen) atoms. The maximum Gasteiger partial charge on any atom is 0.185 e. The van der Waals surface area contributed by atoms with Crippen molar-refractivity contribution in [1.82, 2.24) is 5.32 Å². The topological polar surface area (TPSA) is 29.1 Å². The van der Waals surface area contributed by atoms with Crippen molar-refractivity contribution in [2.75, 3.05) is 0 Å². The van der Waals surface area contributed by atoms with Crippen LogP contribution in [0.1, 0.15) is 51.4 Å². The van der Waals surface area contributed by atoms with Crippen molar-refractivity contribution in [2.45, 2.75) is 56.9 Å². The highest BCUT2D eigenvalue weighted by atomic mass is 16.1. The highest BCUT2D eigenvalue weighted by molar-refractivity contribution is 6.06. The smallest absolute Gasteiger partial charge is 0.185 e. The van der Waals surface area contributed by atoms with Crippen LogP contribution in [-0.2, 0) is 4.79 Å². The molecule has 0 aromatic heterocycles. The first-order valence-corrected chi connectivity index (χ1v) is 5.87. The third kappa shape index (κ3) is 0.999. The fraction of sp³-hybridized carbons (Fsp3) is 0.750. The van der Waals surface area contributed by atoms with Crippen LogP contribution in [-0.4, -0.2) is 11.3 Å². The van der Waals surface area contributed by atoms with E-state index in [0.717, 1.165) is 31.3 Å². The lowest BCUT2D eigenvalue weighted by atomic mass is 9.88. The maximum atomic E-state index is 12.2. The predicted octanol–water partition coefficient (Wildman–Crippen LogP) is 2.30. The second-order valence-corrected chi connectivity index (χ2v) is 4.91. The predicted molar refractivity (Wildman–Crippen MR) is 54.8 cm³/mol. The van der Waals surface area contributed by atoms with Gasteiger partial charge in [0.05, 0.1) is 0 Å². The summed E-state index contributed by atoms with van der Waals surface area (Å²) in [5.41, 5.74) is 2.32. The van der Waals surface area contributed by atoms with Gasteiger partial charge in [-0.1, -0.05) is 12.8 Å². The average Bonchev–Trinajstić information content (AvgIpc) is 2.77. The third-order valence-electron chi connectivity index (χ3n) is 4.02. The number of hydrogen-bond donors (Lipinski definition) is 1. The zero-order valence-corrected chi connectivity index (χ0v) is 8.57. The number of ketones is 1. The van der Waals surface area contributed by atoms with Gasteiger partial charge in [-0.2, -0.15) is 0 Å². The lowest BCUT2D eigenvalue weighted by molar-refractivity contribution is -0.120. The van der Waals surface area contributed by atoms with Gasteiger partial charge in [-0.05, 0) is 38.5 Å². The van der Waals surface area contributed by atoms with Crippen molar-refractivity contribution in [3.63, 3.8) is 0 Å². The first-order valence-electron chi connectivity index (χ1n) is 5.87. The number of carbonyl (C=O) groups excluding carboxylic acids is 1. The van der Waals surface area contributed by atoms with E-state index in [1.807, 2.05) is 0 Å². The fourth-order valence-electron chi connectivity index (χ4n) is 3.26. The molecule has 0 amide bonds. The third-order valence-corrected chi connectivity index (χ3v) is 4.02. The molecule has 1 aliphatic heterocycles. The van der Waals surface area contributed by atoms with Gasteiger partial charge in [0.25, 0.3) is 0 Å². The molecule has 0 aromatic carbocycles. The molecular weight excluding hydrogens is 174 g/mol. The first kappa shape index (κ1) is 8.51. The number of nitrogens with one attached hydrogen (secondary N) is 1. The summed E-state index contributed by atoms with van der Waals surface area (Å²) in [7, 11) is 0. The molecule has 76 valence electrons. The maximum absolute atomic E-state index is 12.2. The van der Waals surface area contributed by atoms with Crippen LogP contribution in [0.3, 0.4) is 0 Å². The zero-order valence-electron chi connectivity index (χ0n) is 8.57. The van der Waals surface area contributed by atoms with Crippen molar-refractivity contribution >= 4 is 5.78 Å². The molecule has 1 heterocycles. The van der Waals surface area contributed by atoms with E-state index in [2.05, 4.69) is 5.32 Å². The van der Waals surface area contributed by atoms with Crippen molar-refractivity contribution in [3.05, 3.63) is 11.3 Å². The van der Waals surface area contributed by atoms with Crippen molar-refractivity contribution < 1.29 is 4.79 Å². The number of Topliss-reactive ketones (excluding diaryl/α,β-unsaturated/α-hetero) is 1. The van der Waals surface area contributed by atoms with Crippen LogP contribution in [0, 0.1) is 0 Å². The molecule has 3 aliphatic rings. The normalized spacial score (nSPS) is 29.6. The van der Waals surface area contributed by atoms with E-state index in [-0.39, 0.29) is 5.54 Å². The van der Waals surface area contributed by atoms with Crippen LogP contribution in [0.15, 0.2) is 11.3 Å². The van der Waals surface area contributed by atoms with E-state index >= 15 is 0 Å². The van der Waals surface area contributed by atoms with Gasteiger partial charge < -0.3 is 5.32 Å². The summed E-state index contributed by atoms with van der Waals surface area (Å²) in [6.07, 6.45) is 9.19. The molecule has 2 nitrogen and oxygen atoms in total. The molecule has 3 rings (SSSR count). The van der Waals surface area contributed by atoms with Crippen LogP contribution in [0.2, 0.25) is 0 Å². The van der Waals surface area contributed by atoms with Crippen LogP contribution < -0.4 is 5.32 Å². The Morgan fingerprint density at radius 2 is 1.71 bits per heavy atom. The summed E-state index contributed by atoms with van der Waals surface area (Å²) >= 11 is 0. The van der Waals surface area contributed by atoms with E-state index in [0.29, 0.717) is 5.78 Å². The van der Waals surface area contributed by atoms with Gasteiger partial charge in [-0.3, -0.25) is 4.79 Å². The standard InChI is InChI=1S/C12H17NO/c14-11-9-5-1-2-6-10(9)13-12(11)7-3-4-8-12/h13H,1-8H2. The monoisotopic (exact) mass is 191 g/mol. The Hall–Kier alpha value is -0.790. The highest BCUT2D eigenvalue weighted by Gasteiger charge is 2.47. The Balaban J connectivity index is 1.93. The Bertz CT molecular complexity index is 310. The summed E-state index contributed by atoms with van der Waals surface area (Å²) in [5, 5.41) is 3.55. The van der Waals surface area contributed by atoms with Crippen molar-refractivity contribution in [3.8, 4) is 0 Å². The van der Waals surface area contributed by atoms with Gasteiger partial charge in [0.2, 0.25) is 0 Å². The Morgan fingerprint density at radius 1 is 1.00 bits per heavy atom. The van der Waals surface area contributed by atoms with Crippen molar-refractivity contribution in [1.29, 1.82) is 0 Å². The molecule has 1 saturated carbocycles. The minimum absolute atomic E-state index is 0.130. The molecule has 0 saturated heterocycles. The van der Waals surface area contributed by atoms with Gasteiger partial charge in [0.15, 0.2) is 5.78 Å². The number of carbonyl (C=O) groups is 1. The summed E-state index contributed by atoms with van der Waals surface area (Å²) in [5.74, 6) is 0.449. The first-order chi connectivity index (χ1) is 6.82. The van der Waals surface area contributed by atoms with E-state index in [1.54, 1.807) is 0 Å². The number of rotatable bonds is 0. The second-order valence-electron chi connectivity index (χ2n) is 4.91. The molecular formula is C12H17NO. The Morgan fingerprint density at radius 3 is 2.43 bits per heavy atom. The number of hydrogen-bond acceptors (Lipinski definition) is 2. The molecule has 0 radical (unpaired) electrons. The molecule has 0 atom stereocenters. The minimum Gasteiger partial charge on any atom is -0.376 e. The molecule has 0 aromatic rings. The lowest BCUT2D eigenvalue weighted by Crippen LogP contribution is -2.43. The molecule has 2 heteroatoms. The summed E-state index contributed by atoms with van der Waals surface area (Å²) in [4.78, 5) is 12.2. The Labute approximate surface area is 84.8 Å². The molecule has 1 N–H and O–H groups in total. The van der Waals surface area contributed by atoms with Crippen LogP contribution in [0.25, 0.3) is 0 Å². The highest BCUT2D eigenvalue weighted by Crippen LogP contribution is 2.41. The average molecular weight is 191 g/mol. The van der Waals surface area contributed by atoms with E-state index in [9.17, 15) is 4.79 Å². The van der Waals surface area contributed by atoms with Gasteiger partial charge in [-0.15, -0.1) is 0 Å². The molecule has 0 unspecified atom stereocenters. The van der Waals surface area contributed by atoms with Gasteiger partial charge in [-0.25, -0.2) is 0 Å². The largest absolute Gasteiger partial charge is 0.376 e. The zero-order chi connectivity index (χ0) is 9.60. The van der Waals surface area contributed by atoms with E-state index in [4.69, 9.17) is 0 Å². The quantitative estimate of drug-likeness (QED) is 0.636. The van der Waals surface area contributed by atoms with Crippen LogP contribution >= 0.6 is 0 Å². The Kier molecular flexibility index (Phi) is 1.73. The van der Waals surface area contributed by atoms with Gasteiger partial charge in [0.1, 0.15) is 5.54 Å². The second kappa shape index (κ2) is 2.85. The summed E-state index contributed by atoms with van der Waals surface area (Å²) in [6, 6.07) is 0. The molecule has 0 bridgehead atoms. The van der Waals surface area contributed by atoms with Gasteiger partial charge >= 0.3 is 0 Å².